The first-order valence-corrected chi connectivity index (χ1v) is 5.52. The Hall–Kier alpha value is -1.81. The lowest BCUT2D eigenvalue weighted by atomic mass is 9.99. The van der Waals surface area contributed by atoms with Gasteiger partial charge in [-0.05, 0) is 18.1 Å². The van der Waals surface area contributed by atoms with Gasteiger partial charge in [0.1, 0.15) is 5.82 Å². The van der Waals surface area contributed by atoms with Crippen molar-refractivity contribution in [3.05, 3.63) is 71.0 Å². The fourth-order valence-electron chi connectivity index (χ4n) is 1.80. The Balaban J connectivity index is 2.24. The van der Waals surface area contributed by atoms with Gasteiger partial charge < -0.3 is 5.73 Å². The van der Waals surface area contributed by atoms with Crippen LogP contribution in [-0.4, -0.2) is 0 Å². The van der Waals surface area contributed by atoms with Crippen LogP contribution < -0.4 is 5.73 Å². The first kappa shape index (κ1) is 12.6. The van der Waals surface area contributed by atoms with Gasteiger partial charge >= 0.3 is 0 Å². The molecule has 0 amide bonds. The summed E-state index contributed by atoms with van der Waals surface area (Å²) in [6.07, 6.45) is 0.364. The van der Waals surface area contributed by atoms with E-state index < -0.39 is 23.5 Å². The summed E-state index contributed by atoms with van der Waals surface area (Å²) in [5.41, 5.74) is 6.71. The average molecular weight is 251 g/mol. The minimum absolute atomic E-state index is 0.0160. The Kier molecular flexibility index (Phi) is 3.67. The summed E-state index contributed by atoms with van der Waals surface area (Å²) < 4.78 is 39.4. The Labute approximate surface area is 103 Å². The van der Waals surface area contributed by atoms with E-state index in [2.05, 4.69) is 0 Å². The topological polar surface area (TPSA) is 26.0 Å². The summed E-state index contributed by atoms with van der Waals surface area (Å²) in [4.78, 5) is 0. The third kappa shape index (κ3) is 2.71. The molecule has 2 aromatic carbocycles. The first-order chi connectivity index (χ1) is 8.58. The second-order valence-corrected chi connectivity index (χ2v) is 4.08. The van der Waals surface area contributed by atoms with Crippen molar-refractivity contribution in [3.63, 3.8) is 0 Å². The van der Waals surface area contributed by atoms with Crippen molar-refractivity contribution in [3.8, 4) is 0 Å². The Morgan fingerprint density at radius 3 is 2.17 bits per heavy atom. The van der Waals surface area contributed by atoms with Crippen molar-refractivity contribution in [2.24, 2.45) is 5.73 Å². The van der Waals surface area contributed by atoms with Crippen LogP contribution in [0.15, 0.2) is 42.5 Å². The van der Waals surface area contributed by atoms with Gasteiger partial charge in [0.15, 0.2) is 11.6 Å². The molecular formula is C14H12F3N. The molecule has 4 heteroatoms. The number of nitrogens with two attached hydrogens (primary N) is 1. The van der Waals surface area contributed by atoms with Crippen LogP contribution in [-0.2, 0) is 6.42 Å². The highest BCUT2D eigenvalue weighted by molar-refractivity contribution is 5.26. The number of hydrogen-bond donors (Lipinski definition) is 1. The van der Waals surface area contributed by atoms with Gasteiger partial charge in [0, 0.05) is 17.7 Å². The van der Waals surface area contributed by atoms with E-state index in [1.807, 2.05) is 30.3 Å². The summed E-state index contributed by atoms with van der Waals surface area (Å²) in [6, 6.07) is 9.85. The van der Waals surface area contributed by atoms with Crippen molar-refractivity contribution < 1.29 is 13.2 Å². The quantitative estimate of drug-likeness (QED) is 0.832. The highest BCUT2D eigenvalue weighted by Crippen LogP contribution is 2.21. The average Bonchev–Trinajstić information content (AvgIpc) is 2.35. The van der Waals surface area contributed by atoms with E-state index in [1.54, 1.807) is 0 Å². The molecule has 1 nitrogen and oxygen atoms in total. The van der Waals surface area contributed by atoms with E-state index in [4.69, 9.17) is 5.73 Å². The SMILES string of the molecule is NC(Cc1ccccc1)c1cc(F)c(F)cc1F. The Bertz CT molecular complexity index is 540. The fourth-order valence-corrected chi connectivity index (χ4v) is 1.80. The Morgan fingerprint density at radius 1 is 0.889 bits per heavy atom. The summed E-state index contributed by atoms with van der Waals surface area (Å²) in [5, 5.41) is 0. The van der Waals surface area contributed by atoms with E-state index in [0.717, 1.165) is 11.6 Å². The van der Waals surface area contributed by atoms with Crippen LogP contribution in [0.2, 0.25) is 0 Å². The summed E-state index contributed by atoms with van der Waals surface area (Å²) in [7, 11) is 0. The smallest absolute Gasteiger partial charge is 0.161 e. The molecule has 0 aliphatic heterocycles. The van der Waals surface area contributed by atoms with Gasteiger partial charge in [0.2, 0.25) is 0 Å². The lowest BCUT2D eigenvalue weighted by Gasteiger charge is -2.13. The normalized spacial score (nSPS) is 12.4. The highest BCUT2D eigenvalue weighted by Gasteiger charge is 2.16. The van der Waals surface area contributed by atoms with Crippen molar-refractivity contribution in [2.75, 3.05) is 0 Å². The molecule has 94 valence electrons. The standard InChI is InChI=1S/C14H12F3N/c15-11-8-13(17)12(16)7-10(11)14(18)6-9-4-2-1-3-5-9/h1-5,7-8,14H,6,18H2. The van der Waals surface area contributed by atoms with Crippen molar-refractivity contribution in [1.82, 2.24) is 0 Å². The van der Waals surface area contributed by atoms with Crippen LogP contribution in [0.5, 0.6) is 0 Å². The second-order valence-electron chi connectivity index (χ2n) is 4.08. The third-order valence-corrected chi connectivity index (χ3v) is 2.74. The number of benzene rings is 2. The largest absolute Gasteiger partial charge is 0.324 e. The second kappa shape index (κ2) is 5.23. The van der Waals surface area contributed by atoms with Crippen LogP contribution in [0.4, 0.5) is 13.2 Å². The molecule has 0 spiro atoms. The van der Waals surface area contributed by atoms with Gasteiger partial charge in [0.25, 0.3) is 0 Å². The molecule has 2 aromatic rings. The molecule has 0 heterocycles. The number of rotatable bonds is 3. The molecule has 1 atom stereocenters. The molecule has 0 aromatic heterocycles. The van der Waals surface area contributed by atoms with E-state index in [-0.39, 0.29) is 5.56 Å². The molecule has 0 saturated heterocycles. The zero-order valence-corrected chi connectivity index (χ0v) is 9.54. The van der Waals surface area contributed by atoms with E-state index >= 15 is 0 Å². The van der Waals surface area contributed by atoms with E-state index in [1.165, 1.54) is 0 Å². The van der Waals surface area contributed by atoms with Crippen molar-refractivity contribution >= 4 is 0 Å². The summed E-state index contributed by atoms with van der Waals surface area (Å²) in [5.74, 6) is -3.12. The van der Waals surface area contributed by atoms with Gasteiger partial charge in [0.05, 0.1) is 0 Å². The minimum atomic E-state index is -1.21. The van der Waals surface area contributed by atoms with Crippen LogP contribution in [0, 0.1) is 17.5 Å². The first-order valence-electron chi connectivity index (χ1n) is 5.52. The van der Waals surface area contributed by atoms with E-state index in [9.17, 15) is 13.2 Å². The maximum Gasteiger partial charge on any atom is 0.161 e. The predicted octanol–water partition coefficient (Wildman–Crippen LogP) is 3.35. The molecular weight excluding hydrogens is 239 g/mol. The maximum absolute atomic E-state index is 13.5. The summed E-state index contributed by atoms with van der Waals surface area (Å²) >= 11 is 0. The molecule has 1 unspecified atom stereocenters. The predicted molar refractivity (Wildman–Crippen MR) is 63.4 cm³/mol. The minimum Gasteiger partial charge on any atom is -0.324 e. The maximum atomic E-state index is 13.5. The molecule has 0 saturated carbocycles. The molecule has 2 N–H and O–H groups in total. The van der Waals surface area contributed by atoms with Crippen LogP contribution in [0.1, 0.15) is 17.2 Å². The molecule has 0 aliphatic carbocycles. The molecule has 0 bridgehead atoms. The van der Waals surface area contributed by atoms with E-state index in [0.29, 0.717) is 12.5 Å². The van der Waals surface area contributed by atoms with Gasteiger partial charge in [-0.1, -0.05) is 30.3 Å². The lowest BCUT2D eigenvalue weighted by Crippen LogP contribution is -2.15. The highest BCUT2D eigenvalue weighted by atomic mass is 19.2. The molecule has 0 fully saturated rings. The summed E-state index contributed by atoms with van der Waals surface area (Å²) in [6.45, 7) is 0. The Morgan fingerprint density at radius 2 is 1.50 bits per heavy atom. The molecule has 0 radical (unpaired) electrons. The van der Waals surface area contributed by atoms with Gasteiger partial charge in [-0.15, -0.1) is 0 Å². The zero-order chi connectivity index (χ0) is 13.1. The van der Waals surface area contributed by atoms with Gasteiger partial charge in [-0.3, -0.25) is 0 Å². The molecule has 0 aliphatic rings. The zero-order valence-electron chi connectivity index (χ0n) is 9.54. The lowest BCUT2D eigenvalue weighted by molar-refractivity contribution is 0.484. The molecule has 2 rings (SSSR count). The van der Waals surface area contributed by atoms with Gasteiger partial charge in [-0.25, -0.2) is 13.2 Å². The van der Waals surface area contributed by atoms with Crippen molar-refractivity contribution in [1.29, 1.82) is 0 Å². The van der Waals surface area contributed by atoms with Crippen LogP contribution in [0.3, 0.4) is 0 Å². The third-order valence-electron chi connectivity index (χ3n) is 2.74. The number of hydrogen-bond acceptors (Lipinski definition) is 1. The van der Waals surface area contributed by atoms with Crippen LogP contribution in [0.25, 0.3) is 0 Å². The fraction of sp³-hybridized carbons (Fsp3) is 0.143. The van der Waals surface area contributed by atoms with Crippen molar-refractivity contribution in [2.45, 2.75) is 12.5 Å². The molecule has 18 heavy (non-hydrogen) atoms. The monoisotopic (exact) mass is 251 g/mol. The number of halogens is 3. The van der Waals surface area contributed by atoms with Crippen LogP contribution >= 0.6 is 0 Å². The van der Waals surface area contributed by atoms with Gasteiger partial charge in [-0.2, -0.15) is 0 Å².